The predicted octanol–water partition coefficient (Wildman–Crippen LogP) is 4.37. The number of hydrogen-bond acceptors (Lipinski definition) is 3. The largest absolute Gasteiger partial charge is 0.563 e. The summed E-state index contributed by atoms with van der Waals surface area (Å²) in [6.07, 6.45) is 1.49. The van der Waals surface area contributed by atoms with Gasteiger partial charge in [-0.2, -0.15) is 0 Å². The Balaban J connectivity index is 2.28. The van der Waals surface area contributed by atoms with Crippen LogP contribution in [-0.2, 0) is 4.65 Å². The van der Waals surface area contributed by atoms with Crippen molar-refractivity contribution in [1.82, 2.24) is 0 Å². The summed E-state index contributed by atoms with van der Waals surface area (Å²) in [5.41, 5.74) is 1.42. The molecule has 0 N–H and O–H groups in total. The maximum Gasteiger partial charge on any atom is 0.366 e. The minimum absolute atomic E-state index is 0.111. The van der Waals surface area contributed by atoms with E-state index in [1.165, 1.54) is 6.08 Å². The normalized spacial score (nSPS) is 11.0. The predicted molar refractivity (Wildman–Crippen MR) is 92.1 cm³/mol. The van der Waals surface area contributed by atoms with E-state index in [1.807, 2.05) is 36.4 Å². The standard InChI is InChI=1S/C17H15BBrO3/c1-18-22-17(13-5-9-15(21-2)10-6-13)11-16(20)12-3-7-14(19)8-4-12/h3-11H,1-2H3/b17-11-. The number of allylic oxidation sites excluding steroid dienone is 1. The van der Waals surface area contributed by atoms with Gasteiger partial charge in [-0.1, -0.05) is 22.8 Å². The first-order chi connectivity index (χ1) is 10.6. The summed E-state index contributed by atoms with van der Waals surface area (Å²) in [5.74, 6) is 1.14. The molecule has 0 saturated carbocycles. The van der Waals surface area contributed by atoms with Crippen LogP contribution < -0.4 is 4.74 Å². The summed E-state index contributed by atoms with van der Waals surface area (Å²) < 4.78 is 11.5. The van der Waals surface area contributed by atoms with Gasteiger partial charge in [0.15, 0.2) is 5.78 Å². The molecule has 0 saturated heterocycles. The second kappa shape index (κ2) is 7.85. The third-order valence-corrected chi connectivity index (χ3v) is 3.54. The van der Waals surface area contributed by atoms with Crippen LogP contribution in [0.25, 0.3) is 5.76 Å². The molecule has 0 heterocycles. The van der Waals surface area contributed by atoms with E-state index in [0.29, 0.717) is 11.3 Å². The van der Waals surface area contributed by atoms with Gasteiger partial charge in [-0.25, -0.2) is 0 Å². The maximum absolute atomic E-state index is 12.3. The number of hydrogen-bond donors (Lipinski definition) is 0. The fourth-order valence-electron chi connectivity index (χ4n) is 1.88. The summed E-state index contributed by atoms with van der Waals surface area (Å²) in [6, 6.07) is 14.6. The van der Waals surface area contributed by atoms with E-state index < -0.39 is 0 Å². The molecule has 0 atom stereocenters. The van der Waals surface area contributed by atoms with Gasteiger partial charge in [-0.3, -0.25) is 4.79 Å². The third-order valence-electron chi connectivity index (χ3n) is 3.01. The summed E-state index contributed by atoms with van der Waals surface area (Å²) in [5, 5.41) is 0. The van der Waals surface area contributed by atoms with Crippen molar-refractivity contribution in [3.8, 4) is 5.75 Å². The molecule has 0 aliphatic heterocycles. The lowest BCUT2D eigenvalue weighted by molar-refractivity contribution is 0.104. The van der Waals surface area contributed by atoms with Gasteiger partial charge in [0.2, 0.25) is 0 Å². The molecule has 1 radical (unpaired) electrons. The molecule has 2 aromatic rings. The van der Waals surface area contributed by atoms with Crippen LogP contribution >= 0.6 is 15.9 Å². The van der Waals surface area contributed by atoms with Crippen molar-refractivity contribution in [2.45, 2.75) is 6.82 Å². The average molecular weight is 358 g/mol. The van der Waals surface area contributed by atoms with Gasteiger partial charge in [-0.05, 0) is 48.5 Å². The number of rotatable bonds is 6. The van der Waals surface area contributed by atoms with Gasteiger partial charge in [-0.15, -0.1) is 0 Å². The lowest BCUT2D eigenvalue weighted by atomic mass is 10.0. The Kier molecular flexibility index (Phi) is 5.84. The zero-order valence-corrected chi connectivity index (χ0v) is 14.0. The van der Waals surface area contributed by atoms with Crippen molar-refractivity contribution in [2.24, 2.45) is 0 Å². The van der Waals surface area contributed by atoms with Crippen molar-refractivity contribution in [3.63, 3.8) is 0 Å². The van der Waals surface area contributed by atoms with Crippen molar-refractivity contribution < 1.29 is 14.2 Å². The van der Waals surface area contributed by atoms with E-state index in [0.717, 1.165) is 15.8 Å². The van der Waals surface area contributed by atoms with Crippen LogP contribution in [0.15, 0.2) is 59.1 Å². The molecule has 111 valence electrons. The van der Waals surface area contributed by atoms with Crippen molar-refractivity contribution >= 4 is 35.0 Å². The van der Waals surface area contributed by atoms with Gasteiger partial charge in [0.25, 0.3) is 0 Å². The Morgan fingerprint density at radius 3 is 2.18 bits per heavy atom. The minimum Gasteiger partial charge on any atom is -0.563 e. The van der Waals surface area contributed by atoms with Crippen LogP contribution in [0.4, 0.5) is 0 Å². The van der Waals surface area contributed by atoms with Gasteiger partial charge in [0, 0.05) is 21.7 Å². The Morgan fingerprint density at radius 1 is 1.05 bits per heavy atom. The van der Waals surface area contributed by atoms with Crippen molar-refractivity contribution in [3.05, 3.63) is 70.2 Å². The van der Waals surface area contributed by atoms with Crippen molar-refractivity contribution in [2.75, 3.05) is 7.11 Å². The first-order valence-corrected chi connectivity index (χ1v) is 7.54. The van der Waals surface area contributed by atoms with Crippen LogP contribution in [0, 0.1) is 0 Å². The molecule has 0 aliphatic carbocycles. The Labute approximate surface area is 139 Å². The fourth-order valence-corrected chi connectivity index (χ4v) is 2.15. The molecule has 0 unspecified atom stereocenters. The van der Waals surface area contributed by atoms with Gasteiger partial charge < -0.3 is 9.39 Å². The monoisotopic (exact) mass is 357 g/mol. The van der Waals surface area contributed by atoms with E-state index in [4.69, 9.17) is 9.39 Å². The first-order valence-electron chi connectivity index (χ1n) is 6.74. The van der Waals surface area contributed by atoms with Gasteiger partial charge in [0.05, 0.1) is 7.11 Å². The smallest absolute Gasteiger partial charge is 0.366 e. The lowest BCUT2D eigenvalue weighted by Gasteiger charge is -2.10. The topological polar surface area (TPSA) is 35.5 Å². The quantitative estimate of drug-likeness (QED) is 0.333. The highest BCUT2D eigenvalue weighted by atomic mass is 79.9. The molecular weight excluding hydrogens is 343 g/mol. The Bertz CT molecular complexity index is 663. The molecule has 2 rings (SSSR count). The Hall–Kier alpha value is -2.01. The number of carbonyl (C=O) groups excluding carboxylic acids is 1. The lowest BCUT2D eigenvalue weighted by Crippen LogP contribution is -2.00. The SMILES string of the molecule is C[B]O/C(=C\C(=O)c1ccc(Br)cc1)c1ccc(OC)cc1. The van der Waals surface area contributed by atoms with E-state index in [1.54, 1.807) is 33.5 Å². The number of benzene rings is 2. The summed E-state index contributed by atoms with van der Waals surface area (Å²) >= 11 is 3.35. The van der Waals surface area contributed by atoms with E-state index in [9.17, 15) is 4.79 Å². The fraction of sp³-hybridized carbons (Fsp3) is 0.118. The number of halogens is 1. The van der Waals surface area contributed by atoms with Crippen LogP contribution in [0.2, 0.25) is 6.82 Å². The summed E-state index contributed by atoms with van der Waals surface area (Å²) in [4.78, 5) is 12.3. The Morgan fingerprint density at radius 2 is 1.64 bits per heavy atom. The van der Waals surface area contributed by atoms with E-state index >= 15 is 0 Å². The molecule has 2 aromatic carbocycles. The summed E-state index contributed by atoms with van der Waals surface area (Å²) in [6.45, 7) is 1.77. The highest BCUT2D eigenvalue weighted by Gasteiger charge is 2.08. The molecule has 0 fully saturated rings. The van der Waals surface area contributed by atoms with E-state index in [2.05, 4.69) is 15.9 Å². The number of methoxy groups -OCH3 is 1. The molecule has 0 aliphatic rings. The van der Waals surface area contributed by atoms with Gasteiger partial charge in [0.1, 0.15) is 11.5 Å². The van der Waals surface area contributed by atoms with Gasteiger partial charge >= 0.3 is 7.48 Å². The first kappa shape index (κ1) is 16.4. The summed E-state index contributed by atoms with van der Waals surface area (Å²) in [7, 11) is 3.16. The third kappa shape index (κ3) is 4.24. The average Bonchev–Trinajstić information content (AvgIpc) is 2.55. The molecule has 0 bridgehead atoms. The highest BCUT2D eigenvalue weighted by molar-refractivity contribution is 9.10. The number of ether oxygens (including phenoxy) is 1. The van der Waals surface area contributed by atoms with E-state index in [-0.39, 0.29) is 5.78 Å². The van der Waals surface area contributed by atoms with Crippen molar-refractivity contribution in [1.29, 1.82) is 0 Å². The molecule has 22 heavy (non-hydrogen) atoms. The molecule has 0 amide bonds. The number of carbonyl (C=O) groups is 1. The van der Waals surface area contributed by atoms with Crippen LogP contribution in [0.3, 0.4) is 0 Å². The number of ketones is 1. The second-order valence-electron chi connectivity index (χ2n) is 4.46. The van der Waals surface area contributed by atoms with Crippen LogP contribution in [0.1, 0.15) is 15.9 Å². The second-order valence-corrected chi connectivity index (χ2v) is 5.38. The molecular formula is C17H15BBrO3. The van der Waals surface area contributed by atoms with Crippen LogP contribution in [-0.4, -0.2) is 20.4 Å². The molecule has 0 aromatic heterocycles. The maximum atomic E-state index is 12.3. The van der Waals surface area contributed by atoms with Crippen LogP contribution in [0.5, 0.6) is 5.75 Å². The minimum atomic E-state index is -0.111. The zero-order chi connectivity index (χ0) is 15.9. The zero-order valence-electron chi connectivity index (χ0n) is 12.4. The molecule has 0 spiro atoms. The molecule has 5 heteroatoms. The molecule has 3 nitrogen and oxygen atoms in total. The highest BCUT2D eigenvalue weighted by Crippen LogP contribution is 2.20.